The second kappa shape index (κ2) is 8.91. The lowest BCUT2D eigenvalue weighted by Crippen LogP contribution is -2.43. The topological polar surface area (TPSA) is 66.8 Å². The fourth-order valence-corrected chi connectivity index (χ4v) is 2.53. The highest BCUT2D eigenvalue weighted by Crippen LogP contribution is 2.22. The van der Waals surface area contributed by atoms with E-state index in [2.05, 4.69) is 0 Å². The number of carbonyl (C=O) groups is 2. The second-order valence-corrected chi connectivity index (χ2v) is 4.97. The molecule has 1 aliphatic heterocycles. The van der Waals surface area contributed by atoms with Crippen molar-refractivity contribution in [2.45, 2.75) is 57.9 Å². The predicted molar refractivity (Wildman–Crippen MR) is 71.9 cm³/mol. The van der Waals surface area contributed by atoms with Crippen LogP contribution in [-0.4, -0.2) is 47.7 Å². The summed E-state index contributed by atoms with van der Waals surface area (Å²) in [5.74, 6) is -0.635. The van der Waals surface area contributed by atoms with Gasteiger partial charge in [0.05, 0.1) is 0 Å². The Morgan fingerprint density at radius 3 is 2.79 bits per heavy atom. The third-order valence-electron chi connectivity index (χ3n) is 3.52. The molecule has 1 N–H and O–H groups in total. The average molecular weight is 271 g/mol. The van der Waals surface area contributed by atoms with E-state index in [1.807, 2.05) is 11.8 Å². The molecule has 1 saturated heterocycles. The molecule has 1 atom stereocenters. The minimum Gasteiger partial charge on any atom is -0.481 e. The van der Waals surface area contributed by atoms with E-state index in [0.717, 1.165) is 32.2 Å². The summed E-state index contributed by atoms with van der Waals surface area (Å²) in [6, 6.07) is 0.115. The summed E-state index contributed by atoms with van der Waals surface area (Å²) in [6.45, 7) is 4.02. The van der Waals surface area contributed by atoms with Crippen LogP contribution < -0.4 is 0 Å². The number of hydrogen-bond donors (Lipinski definition) is 1. The van der Waals surface area contributed by atoms with E-state index in [-0.39, 0.29) is 18.4 Å². The molecule has 1 heterocycles. The smallest absolute Gasteiger partial charge is 0.303 e. The zero-order valence-corrected chi connectivity index (χ0v) is 11.8. The number of piperidine rings is 1. The van der Waals surface area contributed by atoms with Crippen molar-refractivity contribution >= 4 is 11.9 Å². The van der Waals surface area contributed by atoms with Gasteiger partial charge in [0.2, 0.25) is 5.91 Å². The monoisotopic (exact) mass is 271 g/mol. The van der Waals surface area contributed by atoms with Gasteiger partial charge in [-0.2, -0.15) is 0 Å². The lowest BCUT2D eigenvalue weighted by atomic mass is 9.97. The van der Waals surface area contributed by atoms with Gasteiger partial charge in [-0.15, -0.1) is 0 Å². The van der Waals surface area contributed by atoms with E-state index < -0.39 is 5.97 Å². The van der Waals surface area contributed by atoms with Crippen LogP contribution in [0.1, 0.15) is 51.9 Å². The molecule has 0 bridgehead atoms. The minimum absolute atomic E-state index is 0.115. The Labute approximate surface area is 114 Å². The Morgan fingerprint density at radius 2 is 2.11 bits per heavy atom. The second-order valence-electron chi connectivity index (χ2n) is 4.97. The van der Waals surface area contributed by atoms with Crippen molar-refractivity contribution in [3.8, 4) is 0 Å². The molecule has 1 rings (SSSR count). The molecule has 0 radical (unpaired) electrons. The highest BCUT2D eigenvalue weighted by atomic mass is 16.5. The molecule has 0 saturated carbocycles. The van der Waals surface area contributed by atoms with E-state index in [1.165, 1.54) is 0 Å². The molecule has 0 aromatic rings. The van der Waals surface area contributed by atoms with Gasteiger partial charge in [0.25, 0.3) is 0 Å². The molecule has 1 amide bonds. The largest absolute Gasteiger partial charge is 0.481 e. The van der Waals surface area contributed by atoms with Crippen molar-refractivity contribution < 1.29 is 19.4 Å². The van der Waals surface area contributed by atoms with Gasteiger partial charge in [-0.25, -0.2) is 0 Å². The average Bonchev–Trinajstić information content (AvgIpc) is 2.41. The van der Waals surface area contributed by atoms with Gasteiger partial charge < -0.3 is 14.7 Å². The zero-order valence-electron chi connectivity index (χ0n) is 11.8. The number of aliphatic carboxylic acids is 1. The van der Waals surface area contributed by atoms with E-state index in [9.17, 15) is 9.59 Å². The Hall–Kier alpha value is -1.10. The molecule has 0 aromatic heterocycles. The maximum absolute atomic E-state index is 12.1. The third kappa shape index (κ3) is 6.05. The zero-order chi connectivity index (χ0) is 14.1. The highest BCUT2D eigenvalue weighted by molar-refractivity contribution is 5.76. The van der Waals surface area contributed by atoms with Gasteiger partial charge in [-0.1, -0.05) is 0 Å². The van der Waals surface area contributed by atoms with E-state index in [4.69, 9.17) is 9.84 Å². The van der Waals surface area contributed by atoms with Crippen molar-refractivity contribution in [2.24, 2.45) is 0 Å². The van der Waals surface area contributed by atoms with Crippen LogP contribution in [0.2, 0.25) is 0 Å². The normalized spacial score (nSPS) is 19.4. The fraction of sp³-hybridized carbons (Fsp3) is 0.857. The van der Waals surface area contributed by atoms with Crippen LogP contribution in [0, 0.1) is 0 Å². The number of rotatable bonds is 8. The molecule has 0 aliphatic carbocycles. The molecule has 1 aliphatic rings. The van der Waals surface area contributed by atoms with Crippen LogP contribution in [0.3, 0.4) is 0 Å². The Kier molecular flexibility index (Phi) is 7.48. The van der Waals surface area contributed by atoms with Crippen molar-refractivity contribution in [3.05, 3.63) is 0 Å². The van der Waals surface area contributed by atoms with Crippen molar-refractivity contribution in [1.82, 2.24) is 4.90 Å². The van der Waals surface area contributed by atoms with E-state index >= 15 is 0 Å². The summed E-state index contributed by atoms with van der Waals surface area (Å²) >= 11 is 0. The molecule has 1 fully saturated rings. The summed E-state index contributed by atoms with van der Waals surface area (Å²) in [7, 11) is 0. The number of likely N-dealkylation sites (tertiary alicyclic amines) is 1. The van der Waals surface area contributed by atoms with Gasteiger partial charge in [0.15, 0.2) is 0 Å². The number of hydrogen-bond acceptors (Lipinski definition) is 3. The molecular weight excluding hydrogens is 246 g/mol. The van der Waals surface area contributed by atoms with Gasteiger partial charge in [0.1, 0.15) is 0 Å². The van der Waals surface area contributed by atoms with Gasteiger partial charge >= 0.3 is 5.97 Å². The number of carbonyl (C=O) groups excluding carboxylic acids is 1. The summed E-state index contributed by atoms with van der Waals surface area (Å²) in [4.78, 5) is 24.7. The Bertz CT molecular complexity index is 293. The van der Waals surface area contributed by atoms with Crippen LogP contribution in [0.4, 0.5) is 0 Å². The van der Waals surface area contributed by atoms with Crippen LogP contribution in [-0.2, 0) is 14.3 Å². The third-order valence-corrected chi connectivity index (χ3v) is 3.52. The molecule has 5 nitrogen and oxygen atoms in total. The number of carboxylic acid groups (broad SMARTS) is 1. The van der Waals surface area contributed by atoms with Gasteiger partial charge in [-0.3, -0.25) is 9.59 Å². The molecular formula is C14H25NO4. The van der Waals surface area contributed by atoms with E-state index in [1.54, 1.807) is 0 Å². The lowest BCUT2D eigenvalue weighted by molar-refractivity contribution is -0.140. The summed E-state index contributed by atoms with van der Waals surface area (Å²) in [5.41, 5.74) is 0. The Morgan fingerprint density at radius 1 is 1.32 bits per heavy atom. The predicted octanol–water partition coefficient (Wildman–Crippen LogP) is 2.05. The van der Waals surface area contributed by atoms with Crippen molar-refractivity contribution in [1.29, 1.82) is 0 Å². The van der Waals surface area contributed by atoms with Crippen LogP contribution in [0.25, 0.3) is 0 Å². The maximum Gasteiger partial charge on any atom is 0.303 e. The molecule has 1 unspecified atom stereocenters. The molecule has 19 heavy (non-hydrogen) atoms. The Balaban J connectivity index is 2.37. The summed E-state index contributed by atoms with van der Waals surface area (Å²) in [5, 5.41) is 8.75. The highest BCUT2D eigenvalue weighted by Gasteiger charge is 2.26. The minimum atomic E-state index is -0.783. The van der Waals surface area contributed by atoms with Gasteiger partial charge in [0, 0.05) is 38.6 Å². The number of carboxylic acids is 1. The quantitative estimate of drug-likeness (QED) is 0.686. The van der Waals surface area contributed by atoms with E-state index in [0.29, 0.717) is 26.1 Å². The van der Waals surface area contributed by atoms with Crippen molar-refractivity contribution in [3.63, 3.8) is 0 Å². The van der Waals surface area contributed by atoms with Crippen LogP contribution in [0.5, 0.6) is 0 Å². The molecule has 5 heteroatoms. The first-order valence-corrected chi connectivity index (χ1v) is 7.24. The summed E-state index contributed by atoms with van der Waals surface area (Å²) in [6.07, 6.45) is 5.02. The molecule has 0 aromatic carbocycles. The first kappa shape index (κ1) is 16.0. The molecule has 110 valence electrons. The number of ether oxygens (including phenoxy) is 1. The SMILES string of the molecule is CCOCCCC(=O)N1CCCCC1CCC(=O)O. The molecule has 0 spiro atoms. The maximum atomic E-state index is 12.1. The first-order valence-electron chi connectivity index (χ1n) is 7.24. The van der Waals surface area contributed by atoms with Crippen LogP contribution in [0.15, 0.2) is 0 Å². The van der Waals surface area contributed by atoms with Crippen LogP contribution >= 0.6 is 0 Å². The number of amides is 1. The summed E-state index contributed by atoms with van der Waals surface area (Å²) < 4.78 is 5.23. The van der Waals surface area contributed by atoms with Gasteiger partial charge in [-0.05, 0) is 39.0 Å². The fourth-order valence-electron chi connectivity index (χ4n) is 2.53. The first-order chi connectivity index (χ1) is 9.15. The van der Waals surface area contributed by atoms with Crippen molar-refractivity contribution in [2.75, 3.05) is 19.8 Å². The standard InChI is InChI=1S/C14H25NO4/c1-2-19-11-5-7-13(16)15-10-4-3-6-12(15)8-9-14(17)18/h12H,2-11H2,1H3,(H,17,18). The number of nitrogens with zero attached hydrogens (tertiary/aromatic N) is 1. The lowest BCUT2D eigenvalue weighted by Gasteiger charge is -2.35.